The van der Waals surface area contributed by atoms with E-state index in [0.29, 0.717) is 0 Å². The summed E-state index contributed by atoms with van der Waals surface area (Å²) in [5.41, 5.74) is 0. The normalized spacial score (nSPS) is 13.9. The van der Waals surface area contributed by atoms with Gasteiger partial charge in [-0.2, -0.15) is 0 Å². The number of ether oxygens (including phenoxy) is 1. The van der Waals surface area contributed by atoms with Gasteiger partial charge in [-0.05, 0) is 18.8 Å². The zero-order valence-corrected chi connectivity index (χ0v) is 11.0. The van der Waals surface area contributed by atoms with Crippen LogP contribution in [-0.2, 0) is 4.74 Å². The first-order valence-electron chi connectivity index (χ1n) is 6.70. The Bertz CT molecular complexity index is 169. The molecule has 0 aromatic rings. The van der Waals surface area contributed by atoms with E-state index in [9.17, 15) is 13.2 Å². The van der Waals surface area contributed by atoms with Crippen molar-refractivity contribution in [3.8, 4) is 0 Å². The van der Waals surface area contributed by atoms with Crippen molar-refractivity contribution in [2.75, 3.05) is 6.61 Å². The van der Waals surface area contributed by atoms with Crippen LogP contribution in [0.3, 0.4) is 0 Å². The first-order chi connectivity index (χ1) is 7.99. The molecule has 1 unspecified atom stereocenters. The molecule has 4 heteroatoms. The molecule has 0 radical (unpaired) electrons. The molecule has 0 bridgehead atoms. The van der Waals surface area contributed by atoms with Crippen LogP contribution in [0.15, 0.2) is 0 Å². The number of alkyl halides is 3. The van der Waals surface area contributed by atoms with Gasteiger partial charge in [-0.1, -0.05) is 52.4 Å². The van der Waals surface area contributed by atoms with Gasteiger partial charge in [0.1, 0.15) is 0 Å². The average molecular weight is 254 g/mol. The van der Waals surface area contributed by atoms with Crippen molar-refractivity contribution in [2.24, 2.45) is 5.92 Å². The number of hydrogen-bond donors (Lipinski definition) is 0. The fraction of sp³-hybridized carbons (Fsp3) is 1.00. The number of hydrogen-bond acceptors (Lipinski definition) is 1. The summed E-state index contributed by atoms with van der Waals surface area (Å²) in [5.74, 6) is 0.0634. The van der Waals surface area contributed by atoms with E-state index in [-0.39, 0.29) is 12.5 Å². The van der Waals surface area contributed by atoms with Crippen molar-refractivity contribution >= 4 is 0 Å². The van der Waals surface area contributed by atoms with Crippen molar-refractivity contribution in [1.29, 1.82) is 0 Å². The van der Waals surface area contributed by atoms with E-state index in [2.05, 4.69) is 18.6 Å². The van der Waals surface area contributed by atoms with Gasteiger partial charge in [0.15, 0.2) is 0 Å². The Balaban J connectivity index is 3.79. The van der Waals surface area contributed by atoms with Gasteiger partial charge in [-0.15, -0.1) is 13.2 Å². The summed E-state index contributed by atoms with van der Waals surface area (Å²) in [4.78, 5) is 0. The van der Waals surface area contributed by atoms with Gasteiger partial charge in [-0.3, -0.25) is 4.74 Å². The van der Waals surface area contributed by atoms with Gasteiger partial charge < -0.3 is 0 Å². The van der Waals surface area contributed by atoms with Crippen molar-refractivity contribution in [3.63, 3.8) is 0 Å². The minimum atomic E-state index is -4.48. The Morgan fingerprint density at radius 1 is 0.882 bits per heavy atom. The molecule has 0 rings (SSSR count). The standard InChI is InChI=1S/C13H25F3O/c1-3-5-7-8-10-12(9-6-4-2)11-17-13(14,15)16/h12H,3-11H2,1-2H3. The highest BCUT2D eigenvalue weighted by Gasteiger charge is 2.30. The molecule has 0 spiro atoms. The number of rotatable bonds is 10. The quantitative estimate of drug-likeness (QED) is 0.481. The molecule has 0 aromatic heterocycles. The molecule has 0 aromatic carbocycles. The smallest absolute Gasteiger partial charge is 0.292 e. The van der Waals surface area contributed by atoms with Crippen LogP contribution >= 0.6 is 0 Å². The van der Waals surface area contributed by atoms with E-state index >= 15 is 0 Å². The second kappa shape index (κ2) is 9.75. The molecule has 0 aliphatic carbocycles. The maximum atomic E-state index is 12.0. The maximum Gasteiger partial charge on any atom is 0.522 e. The van der Waals surface area contributed by atoms with Crippen molar-refractivity contribution < 1.29 is 17.9 Å². The topological polar surface area (TPSA) is 9.23 Å². The Morgan fingerprint density at radius 2 is 1.47 bits per heavy atom. The van der Waals surface area contributed by atoms with Crippen LogP contribution < -0.4 is 0 Å². The third kappa shape index (κ3) is 12.0. The molecule has 0 aliphatic rings. The summed E-state index contributed by atoms with van der Waals surface area (Å²) in [6.07, 6.45) is 3.69. The Morgan fingerprint density at radius 3 is 2.00 bits per heavy atom. The highest BCUT2D eigenvalue weighted by atomic mass is 19.4. The summed E-state index contributed by atoms with van der Waals surface area (Å²) in [7, 11) is 0. The minimum absolute atomic E-state index is 0.0634. The summed E-state index contributed by atoms with van der Waals surface area (Å²) in [6, 6.07) is 0. The first-order valence-corrected chi connectivity index (χ1v) is 6.70. The second-order valence-electron chi connectivity index (χ2n) is 4.61. The van der Waals surface area contributed by atoms with E-state index in [1.807, 2.05) is 0 Å². The van der Waals surface area contributed by atoms with E-state index in [1.54, 1.807) is 0 Å². The lowest BCUT2D eigenvalue weighted by atomic mass is 9.96. The number of unbranched alkanes of at least 4 members (excludes halogenated alkanes) is 4. The third-order valence-electron chi connectivity index (χ3n) is 2.91. The van der Waals surface area contributed by atoms with E-state index in [0.717, 1.165) is 44.9 Å². The second-order valence-corrected chi connectivity index (χ2v) is 4.61. The fourth-order valence-corrected chi connectivity index (χ4v) is 1.88. The zero-order valence-electron chi connectivity index (χ0n) is 11.0. The monoisotopic (exact) mass is 254 g/mol. The molecule has 0 aliphatic heterocycles. The first kappa shape index (κ1) is 16.8. The molecule has 0 N–H and O–H groups in total. The Hall–Kier alpha value is -0.250. The van der Waals surface area contributed by atoms with Gasteiger partial charge in [-0.25, -0.2) is 0 Å². The van der Waals surface area contributed by atoms with Crippen LogP contribution in [0.25, 0.3) is 0 Å². The zero-order chi connectivity index (χ0) is 13.1. The van der Waals surface area contributed by atoms with Crippen molar-refractivity contribution in [2.45, 2.75) is 71.6 Å². The van der Waals surface area contributed by atoms with E-state index in [1.165, 1.54) is 6.42 Å². The fourth-order valence-electron chi connectivity index (χ4n) is 1.88. The molecule has 1 nitrogen and oxygen atoms in total. The molecule has 0 heterocycles. The van der Waals surface area contributed by atoms with Crippen LogP contribution in [-0.4, -0.2) is 13.0 Å². The molecule has 1 atom stereocenters. The average Bonchev–Trinajstić information content (AvgIpc) is 2.25. The highest BCUT2D eigenvalue weighted by molar-refractivity contribution is 4.59. The van der Waals surface area contributed by atoms with E-state index < -0.39 is 6.36 Å². The SMILES string of the molecule is CCCCCCC(CCCC)COC(F)(F)F. The minimum Gasteiger partial charge on any atom is -0.292 e. The lowest BCUT2D eigenvalue weighted by molar-refractivity contribution is -0.328. The summed E-state index contributed by atoms with van der Waals surface area (Å²) >= 11 is 0. The molecule has 0 saturated carbocycles. The summed E-state index contributed by atoms with van der Waals surface area (Å²) < 4.78 is 39.8. The summed E-state index contributed by atoms with van der Waals surface area (Å²) in [5, 5.41) is 0. The highest BCUT2D eigenvalue weighted by Crippen LogP contribution is 2.23. The van der Waals surface area contributed by atoms with Crippen LogP contribution in [0.1, 0.15) is 65.2 Å². The molecule has 17 heavy (non-hydrogen) atoms. The van der Waals surface area contributed by atoms with Crippen LogP contribution in [0.5, 0.6) is 0 Å². The van der Waals surface area contributed by atoms with Crippen LogP contribution in [0, 0.1) is 5.92 Å². The molecule has 0 amide bonds. The predicted octanol–water partition coefficient (Wildman–Crippen LogP) is 5.30. The lowest BCUT2D eigenvalue weighted by Gasteiger charge is -2.17. The van der Waals surface area contributed by atoms with Gasteiger partial charge in [0.05, 0.1) is 6.61 Å². The predicted molar refractivity (Wildman–Crippen MR) is 63.8 cm³/mol. The number of halogens is 3. The van der Waals surface area contributed by atoms with Gasteiger partial charge in [0, 0.05) is 0 Å². The lowest BCUT2D eigenvalue weighted by Crippen LogP contribution is -2.19. The summed E-state index contributed by atoms with van der Waals surface area (Å²) in [6.45, 7) is 4.01. The van der Waals surface area contributed by atoms with Crippen molar-refractivity contribution in [3.05, 3.63) is 0 Å². The van der Waals surface area contributed by atoms with Gasteiger partial charge in [0.25, 0.3) is 0 Å². The maximum absolute atomic E-state index is 12.0. The molecular weight excluding hydrogens is 229 g/mol. The van der Waals surface area contributed by atoms with Gasteiger partial charge >= 0.3 is 6.36 Å². The van der Waals surface area contributed by atoms with Crippen molar-refractivity contribution in [1.82, 2.24) is 0 Å². The molecule has 104 valence electrons. The molecule has 0 fully saturated rings. The van der Waals surface area contributed by atoms with Crippen LogP contribution in [0.4, 0.5) is 13.2 Å². The molecular formula is C13H25F3O. The van der Waals surface area contributed by atoms with Gasteiger partial charge in [0.2, 0.25) is 0 Å². The Labute approximate surface area is 103 Å². The Kier molecular flexibility index (Phi) is 9.60. The largest absolute Gasteiger partial charge is 0.522 e. The third-order valence-corrected chi connectivity index (χ3v) is 2.91. The van der Waals surface area contributed by atoms with E-state index in [4.69, 9.17) is 0 Å². The van der Waals surface area contributed by atoms with Crippen LogP contribution in [0.2, 0.25) is 0 Å². The molecule has 0 saturated heterocycles.